The number of methoxy groups -OCH3 is 1. The molecule has 0 bridgehead atoms. The second-order valence-corrected chi connectivity index (χ2v) is 5.53. The fraction of sp³-hybridized carbons (Fsp3) is 0.235. The van der Waals surface area contributed by atoms with E-state index in [1.807, 2.05) is 0 Å². The van der Waals surface area contributed by atoms with Gasteiger partial charge in [0, 0.05) is 12.3 Å². The van der Waals surface area contributed by atoms with Crippen molar-refractivity contribution in [2.45, 2.75) is 6.92 Å². The summed E-state index contributed by atoms with van der Waals surface area (Å²) in [7, 11) is 1.31. The maximum absolute atomic E-state index is 12.3. The lowest BCUT2D eigenvalue weighted by Gasteiger charge is -2.12. The molecule has 2 rings (SSSR count). The first-order chi connectivity index (χ1) is 13.4. The largest absolute Gasteiger partial charge is 0.493 e. The topological polar surface area (TPSA) is 130 Å². The molecule has 10 nitrogen and oxygen atoms in total. The van der Waals surface area contributed by atoms with Crippen LogP contribution in [0.4, 0.5) is 11.4 Å². The SMILES string of the molecule is CCOc1cc(C(=O)OCC(=O)Nc2cccnc2Cl)c([N+](=O)[O-])cc1OC. The molecule has 1 aromatic carbocycles. The number of nitrogens with one attached hydrogen (secondary N) is 1. The summed E-state index contributed by atoms with van der Waals surface area (Å²) in [5.41, 5.74) is -0.679. The van der Waals surface area contributed by atoms with Gasteiger partial charge in [-0.2, -0.15) is 0 Å². The summed E-state index contributed by atoms with van der Waals surface area (Å²) in [6.45, 7) is 1.26. The van der Waals surface area contributed by atoms with Crippen LogP contribution in [0.2, 0.25) is 5.15 Å². The number of rotatable bonds is 8. The number of nitro benzene ring substituents is 1. The molecule has 0 unspecified atom stereocenters. The zero-order valence-electron chi connectivity index (χ0n) is 14.9. The molecule has 2 aromatic rings. The Bertz CT molecular complexity index is 904. The number of esters is 1. The van der Waals surface area contributed by atoms with Crippen LogP contribution in [0.1, 0.15) is 17.3 Å². The molecule has 0 saturated heterocycles. The van der Waals surface area contributed by atoms with Gasteiger partial charge in [-0.05, 0) is 19.1 Å². The smallest absolute Gasteiger partial charge is 0.345 e. The fourth-order valence-electron chi connectivity index (χ4n) is 2.17. The van der Waals surface area contributed by atoms with Crippen LogP contribution in [0.3, 0.4) is 0 Å². The van der Waals surface area contributed by atoms with Gasteiger partial charge in [0.25, 0.3) is 11.6 Å². The lowest BCUT2D eigenvalue weighted by Crippen LogP contribution is -2.21. The third-order valence-corrected chi connectivity index (χ3v) is 3.67. The van der Waals surface area contributed by atoms with Crippen molar-refractivity contribution in [3.05, 3.63) is 51.3 Å². The first-order valence-corrected chi connectivity index (χ1v) is 8.31. The Kier molecular flexibility index (Phi) is 7.10. The highest BCUT2D eigenvalue weighted by molar-refractivity contribution is 6.32. The molecule has 0 spiro atoms. The Labute approximate surface area is 164 Å². The van der Waals surface area contributed by atoms with Gasteiger partial charge in [-0.3, -0.25) is 14.9 Å². The summed E-state index contributed by atoms with van der Waals surface area (Å²) in [5.74, 6) is -1.53. The molecule has 0 atom stereocenters. The summed E-state index contributed by atoms with van der Waals surface area (Å²) in [6, 6.07) is 5.26. The highest BCUT2D eigenvalue weighted by Crippen LogP contribution is 2.35. The zero-order chi connectivity index (χ0) is 20.7. The third kappa shape index (κ3) is 5.07. The number of carbonyl (C=O) groups is 2. The lowest BCUT2D eigenvalue weighted by atomic mass is 10.1. The molecule has 1 aromatic heterocycles. The maximum Gasteiger partial charge on any atom is 0.345 e. The van der Waals surface area contributed by atoms with E-state index in [0.717, 1.165) is 12.1 Å². The number of benzene rings is 1. The quantitative estimate of drug-likeness (QED) is 0.305. The number of pyridine rings is 1. The van der Waals surface area contributed by atoms with E-state index in [4.69, 9.17) is 25.8 Å². The molecule has 0 aliphatic heterocycles. The van der Waals surface area contributed by atoms with Crippen molar-refractivity contribution in [2.75, 3.05) is 25.6 Å². The van der Waals surface area contributed by atoms with Gasteiger partial charge in [-0.15, -0.1) is 0 Å². The highest BCUT2D eigenvalue weighted by Gasteiger charge is 2.26. The van der Waals surface area contributed by atoms with Crippen molar-refractivity contribution in [1.82, 2.24) is 4.98 Å². The average Bonchev–Trinajstić information content (AvgIpc) is 2.67. The Hall–Kier alpha value is -3.40. The Morgan fingerprint density at radius 3 is 2.68 bits per heavy atom. The second kappa shape index (κ2) is 9.51. The Morgan fingerprint density at radius 1 is 1.32 bits per heavy atom. The van der Waals surface area contributed by atoms with E-state index >= 15 is 0 Å². The van der Waals surface area contributed by atoms with E-state index in [9.17, 15) is 19.7 Å². The Balaban J connectivity index is 2.16. The van der Waals surface area contributed by atoms with Gasteiger partial charge in [0.05, 0.1) is 30.4 Å². The minimum absolute atomic E-state index is 0.0642. The van der Waals surface area contributed by atoms with Crippen molar-refractivity contribution in [2.24, 2.45) is 0 Å². The van der Waals surface area contributed by atoms with E-state index in [-0.39, 0.29) is 34.5 Å². The van der Waals surface area contributed by atoms with Crippen molar-refractivity contribution in [1.29, 1.82) is 0 Å². The number of nitro groups is 1. The molecular formula is C17H16ClN3O7. The lowest BCUT2D eigenvalue weighted by molar-refractivity contribution is -0.385. The van der Waals surface area contributed by atoms with Crippen LogP contribution in [0, 0.1) is 10.1 Å². The molecule has 0 aliphatic rings. The zero-order valence-corrected chi connectivity index (χ0v) is 15.7. The number of halogens is 1. The van der Waals surface area contributed by atoms with Gasteiger partial charge < -0.3 is 19.5 Å². The van der Waals surface area contributed by atoms with Crippen LogP contribution in [-0.2, 0) is 9.53 Å². The Morgan fingerprint density at radius 2 is 2.07 bits per heavy atom. The van der Waals surface area contributed by atoms with Gasteiger partial charge in [0.1, 0.15) is 5.56 Å². The normalized spacial score (nSPS) is 10.1. The van der Waals surface area contributed by atoms with Gasteiger partial charge in [0.15, 0.2) is 23.3 Å². The number of carbonyl (C=O) groups excluding carboxylic acids is 2. The molecule has 148 valence electrons. The predicted molar refractivity (Wildman–Crippen MR) is 99.0 cm³/mol. The highest BCUT2D eigenvalue weighted by atomic mass is 35.5. The van der Waals surface area contributed by atoms with E-state index in [1.165, 1.54) is 19.4 Å². The van der Waals surface area contributed by atoms with Gasteiger partial charge in [-0.25, -0.2) is 9.78 Å². The number of anilines is 1. The first kappa shape index (κ1) is 20.9. The third-order valence-electron chi connectivity index (χ3n) is 3.37. The first-order valence-electron chi connectivity index (χ1n) is 7.94. The summed E-state index contributed by atoms with van der Waals surface area (Å²) in [6.07, 6.45) is 1.44. The number of hydrogen-bond donors (Lipinski definition) is 1. The summed E-state index contributed by atoms with van der Waals surface area (Å²) in [4.78, 5) is 38.6. The van der Waals surface area contributed by atoms with Crippen LogP contribution in [0.5, 0.6) is 11.5 Å². The molecule has 0 aliphatic carbocycles. The minimum atomic E-state index is -1.07. The number of hydrogen-bond acceptors (Lipinski definition) is 8. The van der Waals surface area contributed by atoms with E-state index < -0.39 is 29.1 Å². The maximum atomic E-state index is 12.3. The predicted octanol–water partition coefficient (Wildman–Crippen LogP) is 2.85. The van der Waals surface area contributed by atoms with E-state index in [1.54, 1.807) is 13.0 Å². The van der Waals surface area contributed by atoms with Crippen molar-refractivity contribution in [3.8, 4) is 11.5 Å². The van der Waals surface area contributed by atoms with E-state index in [2.05, 4.69) is 10.3 Å². The van der Waals surface area contributed by atoms with Crippen LogP contribution in [0.25, 0.3) is 0 Å². The molecular weight excluding hydrogens is 394 g/mol. The van der Waals surface area contributed by atoms with Crippen LogP contribution >= 0.6 is 11.6 Å². The monoisotopic (exact) mass is 409 g/mol. The summed E-state index contributed by atoms with van der Waals surface area (Å²) < 4.78 is 15.2. The van der Waals surface area contributed by atoms with Gasteiger partial charge in [-0.1, -0.05) is 11.6 Å². The molecule has 1 N–H and O–H groups in total. The molecule has 11 heteroatoms. The number of amides is 1. The molecule has 0 saturated carbocycles. The fourth-order valence-corrected chi connectivity index (χ4v) is 2.33. The van der Waals surface area contributed by atoms with Crippen molar-refractivity contribution >= 4 is 34.9 Å². The van der Waals surface area contributed by atoms with Crippen molar-refractivity contribution < 1.29 is 28.7 Å². The number of ether oxygens (including phenoxy) is 3. The van der Waals surface area contributed by atoms with Crippen LogP contribution in [-0.4, -0.2) is 42.1 Å². The minimum Gasteiger partial charge on any atom is -0.493 e. The molecule has 1 amide bonds. The molecule has 0 fully saturated rings. The number of nitrogens with zero attached hydrogens (tertiary/aromatic N) is 2. The van der Waals surface area contributed by atoms with E-state index in [0.29, 0.717) is 0 Å². The summed E-state index contributed by atoms with van der Waals surface area (Å²) in [5, 5.41) is 13.8. The van der Waals surface area contributed by atoms with Crippen molar-refractivity contribution in [3.63, 3.8) is 0 Å². The molecule has 1 heterocycles. The van der Waals surface area contributed by atoms with Gasteiger partial charge >= 0.3 is 5.97 Å². The van der Waals surface area contributed by atoms with Gasteiger partial charge in [0.2, 0.25) is 0 Å². The molecule has 0 radical (unpaired) electrons. The molecule has 28 heavy (non-hydrogen) atoms. The van der Waals surface area contributed by atoms with Crippen LogP contribution < -0.4 is 14.8 Å². The standard InChI is InChI=1S/C17H16ClN3O7/c1-3-27-14-7-10(12(21(24)25)8-13(14)26-2)17(23)28-9-15(22)20-11-5-4-6-19-16(11)18/h4-8H,3,9H2,1-2H3,(H,20,22). The second-order valence-electron chi connectivity index (χ2n) is 5.18. The van der Waals surface area contributed by atoms with Crippen LogP contribution in [0.15, 0.2) is 30.5 Å². The summed E-state index contributed by atoms with van der Waals surface area (Å²) >= 11 is 5.82. The average molecular weight is 410 g/mol. The number of aromatic nitrogens is 1.